The molecule has 222 valence electrons. The molecule has 0 aliphatic heterocycles. The predicted octanol–water partition coefficient (Wildman–Crippen LogP) is 14.4. The van der Waals surface area contributed by atoms with Gasteiger partial charge in [-0.25, -0.2) is 0 Å². The fraction of sp³-hybridized carbons (Fsp3) is 0. The Morgan fingerprint density at radius 2 is 0.646 bits per heavy atom. The normalized spacial score (nSPS) is 12.2. The van der Waals surface area contributed by atoms with Crippen molar-refractivity contribution in [3.8, 4) is 22.3 Å². The third-order valence-electron chi connectivity index (χ3n) is 10.2. The molecule has 0 radical (unpaired) electrons. The zero-order valence-corrected chi connectivity index (χ0v) is 27.5. The van der Waals surface area contributed by atoms with Gasteiger partial charge in [-0.2, -0.15) is 0 Å². The Hall–Kier alpha value is -5.54. The highest BCUT2D eigenvalue weighted by Gasteiger charge is 2.19. The Morgan fingerprint density at radius 1 is 0.250 bits per heavy atom. The Balaban J connectivity index is 1.23. The molecule has 0 N–H and O–H groups in total. The first kappa shape index (κ1) is 26.5. The third-order valence-corrected chi connectivity index (χ3v) is 12.6. The van der Waals surface area contributed by atoms with E-state index in [2.05, 4.69) is 158 Å². The SMILES string of the molecule is c1ccc(-c2ccc3c(c2)c2ccccc2c2c4cc5sc6c7ccc(-c8ccccc8)cc7c7ccccc7c6c5cc4sc32)cc1. The van der Waals surface area contributed by atoms with Crippen molar-refractivity contribution >= 4 is 106 Å². The van der Waals surface area contributed by atoms with Gasteiger partial charge >= 0.3 is 0 Å². The van der Waals surface area contributed by atoms with Crippen LogP contribution in [0.5, 0.6) is 0 Å². The maximum atomic E-state index is 2.49. The van der Waals surface area contributed by atoms with Crippen LogP contribution in [0.25, 0.3) is 106 Å². The predicted molar refractivity (Wildman–Crippen MR) is 213 cm³/mol. The van der Waals surface area contributed by atoms with Crippen LogP contribution in [-0.4, -0.2) is 0 Å². The minimum Gasteiger partial charge on any atom is -0.134 e. The van der Waals surface area contributed by atoms with Gasteiger partial charge in [0.2, 0.25) is 0 Å². The summed E-state index contributed by atoms with van der Waals surface area (Å²) in [5.41, 5.74) is 5.03. The highest BCUT2D eigenvalue weighted by molar-refractivity contribution is 7.28. The van der Waals surface area contributed by atoms with E-state index in [1.165, 1.54) is 106 Å². The molecule has 2 heterocycles. The monoisotopic (exact) mass is 642 g/mol. The van der Waals surface area contributed by atoms with E-state index in [4.69, 9.17) is 0 Å². The average Bonchev–Trinajstić information content (AvgIpc) is 3.73. The van der Waals surface area contributed by atoms with Gasteiger partial charge in [0.1, 0.15) is 0 Å². The molecule has 9 aromatic carbocycles. The van der Waals surface area contributed by atoms with Crippen LogP contribution in [0, 0.1) is 0 Å². The van der Waals surface area contributed by atoms with E-state index in [-0.39, 0.29) is 0 Å². The Labute approximate surface area is 284 Å². The van der Waals surface area contributed by atoms with Gasteiger partial charge in [-0.1, -0.05) is 133 Å². The minimum absolute atomic E-state index is 1.25. The first-order valence-electron chi connectivity index (χ1n) is 16.4. The molecule has 2 heteroatoms. The molecule has 0 saturated carbocycles. The summed E-state index contributed by atoms with van der Waals surface area (Å²) in [4.78, 5) is 0. The van der Waals surface area contributed by atoms with E-state index in [9.17, 15) is 0 Å². The van der Waals surface area contributed by atoms with Crippen molar-refractivity contribution in [3.63, 3.8) is 0 Å². The van der Waals surface area contributed by atoms with Gasteiger partial charge < -0.3 is 0 Å². The summed E-state index contributed by atoms with van der Waals surface area (Å²) in [6.07, 6.45) is 0. The lowest BCUT2D eigenvalue weighted by Crippen LogP contribution is -1.83. The van der Waals surface area contributed by atoms with Crippen LogP contribution in [0.2, 0.25) is 0 Å². The smallest absolute Gasteiger partial charge is 0.0440 e. The van der Waals surface area contributed by atoms with Crippen molar-refractivity contribution < 1.29 is 0 Å². The zero-order chi connectivity index (χ0) is 31.3. The summed E-state index contributed by atoms with van der Waals surface area (Å²) in [5.74, 6) is 0. The van der Waals surface area contributed by atoms with Crippen LogP contribution in [0.4, 0.5) is 0 Å². The van der Waals surface area contributed by atoms with Gasteiger partial charge in [0.25, 0.3) is 0 Å². The highest BCUT2D eigenvalue weighted by atomic mass is 32.1. The molecule has 0 saturated heterocycles. The molecule has 0 unspecified atom stereocenters. The molecule has 0 aliphatic rings. The molecule has 0 aliphatic carbocycles. The Kier molecular flexibility index (Phi) is 5.51. The largest absolute Gasteiger partial charge is 0.134 e. The number of fused-ring (bicyclic) bond motifs is 16. The van der Waals surface area contributed by atoms with Crippen molar-refractivity contribution in [1.29, 1.82) is 0 Å². The molecule has 0 fully saturated rings. The van der Waals surface area contributed by atoms with Crippen molar-refractivity contribution in [3.05, 3.63) is 158 Å². The van der Waals surface area contributed by atoms with Gasteiger partial charge in [-0.15, -0.1) is 22.7 Å². The first-order valence-corrected chi connectivity index (χ1v) is 18.1. The summed E-state index contributed by atoms with van der Waals surface area (Å²) in [7, 11) is 0. The molecule has 11 rings (SSSR count). The summed E-state index contributed by atoms with van der Waals surface area (Å²) in [5, 5.41) is 16.1. The number of hydrogen-bond acceptors (Lipinski definition) is 2. The van der Waals surface area contributed by atoms with Crippen LogP contribution < -0.4 is 0 Å². The lowest BCUT2D eigenvalue weighted by atomic mass is 9.93. The Morgan fingerprint density at radius 3 is 1.08 bits per heavy atom. The standard InChI is InChI=1S/C46H26S2/c1-3-11-27(12-4-1)29-19-21-35-37(23-29)31-15-7-9-17-33(31)43-39-25-42-40(26-41(39)47-45(35)43)44-34-18-10-8-16-32(34)38-24-30(28-13-5-2-6-14-28)20-22-36(38)46(44)48-42/h1-26H. The van der Waals surface area contributed by atoms with Crippen molar-refractivity contribution in [2.45, 2.75) is 0 Å². The molecule has 11 aromatic rings. The summed E-state index contributed by atoms with van der Waals surface area (Å²) in [6, 6.07) is 58.5. The fourth-order valence-corrected chi connectivity index (χ4v) is 10.6. The summed E-state index contributed by atoms with van der Waals surface area (Å²) >= 11 is 3.90. The number of thiophene rings is 2. The number of hydrogen-bond donors (Lipinski definition) is 0. The second-order valence-electron chi connectivity index (χ2n) is 12.8. The van der Waals surface area contributed by atoms with Crippen molar-refractivity contribution in [2.75, 3.05) is 0 Å². The van der Waals surface area contributed by atoms with Crippen LogP contribution in [0.3, 0.4) is 0 Å². The van der Waals surface area contributed by atoms with Crippen molar-refractivity contribution in [1.82, 2.24) is 0 Å². The molecule has 0 bridgehead atoms. The zero-order valence-electron chi connectivity index (χ0n) is 25.8. The van der Waals surface area contributed by atoms with Gasteiger partial charge in [0.15, 0.2) is 0 Å². The second kappa shape index (κ2) is 9.98. The molecular formula is C46H26S2. The summed E-state index contributed by atoms with van der Waals surface area (Å²) < 4.78 is 5.46. The van der Waals surface area contributed by atoms with Crippen LogP contribution >= 0.6 is 22.7 Å². The average molecular weight is 643 g/mol. The van der Waals surface area contributed by atoms with E-state index in [1.807, 2.05) is 22.7 Å². The lowest BCUT2D eigenvalue weighted by molar-refractivity contribution is 1.65. The third kappa shape index (κ3) is 3.70. The molecule has 2 aromatic heterocycles. The fourth-order valence-electron chi connectivity index (χ4n) is 8.02. The maximum Gasteiger partial charge on any atom is 0.0440 e. The number of benzene rings is 9. The number of rotatable bonds is 2. The van der Waals surface area contributed by atoms with Crippen LogP contribution in [0.1, 0.15) is 0 Å². The van der Waals surface area contributed by atoms with E-state index in [0.29, 0.717) is 0 Å². The van der Waals surface area contributed by atoms with Gasteiger partial charge in [-0.05, 0) is 78.8 Å². The van der Waals surface area contributed by atoms with E-state index >= 15 is 0 Å². The summed E-state index contributed by atoms with van der Waals surface area (Å²) in [6.45, 7) is 0. The topological polar surface area (TPSA) is 0 Å². The highest BCUT2D eigenvalue weighted by Crippen LogP contribution is 2.50. The second-order valence-corrected chi connectivity index (χ2v) is 14.9. The van der Waals surface area contributed by atoms with E-state index in [0.717, 1.165) is 0 Å². The molecule has 0 amide bonds. The van der Waals surface area contributed by atoms with Gasteiger partial charge in [-0.3, -0.25) is 0 Å². The van der Waals surface area contributed by atoms with Crippen molar-refractivity contribution in [2.24, 2.45) is 0 Å². The Bertz CT molecular complexity index is 2880. The maximum absolute atomic E-state index is 2.49. The minimum atomic E-state index is 1.25. The molecule has 48 heavy (non-hydrogen) atoms. The van der Waals surface area contributed by atoms with Crippen LogP contribution in [-0.2, 0) is 0 Å². The first-order chi connectivity index (χ1) is 23.8. The lowest BCUT2D eigenvalue weighted by Gasteiger charge is -2.10. The van der Waals surface area contributed by atoms with E-state index < -0.39 is 0 Å². The molecule has 0 atom stereocenters. The molecular weight excluding hydrogens is 617 g/mol. The van der Waals surface area contributed by atoms with Gasteiger partial charge in [0, 0.05) is 51.1 Å². The quantitative estimate of drug-likeness (QED) is 0.165. The van der Waals surface area contributed by atoms with Crippen LogP contribution in [0.15, 0.2) is 158 Å². The molecule has 0 spiro atoms. The van der Waals surface area contributed by atoms with E-state index in [1.54, 1.807) is 0 Å². The molecule has 0 nitrogen and oxygen atoms in total. The van der Waals surface area contributed by atoms with Gasteiger partial charge in [0.05, 0.1) is 0 Å².